The topological polar surface area (TPSA) is 26.3 Å². The zero-order valence-electron chi connectivity index (χ0n) is 10.1. The normalized spacial score (nSPS) is 12.3. The second kappa shape index (κ2) is 5.35. The van der Waals surface area contributed by atoms with Gasteiger partial charge < -0.3 is 9.53 Å². The van der Waals surface area contributed by atoms with Gasteiger partial charge >= 0.3 is 0 Å². The van der Waals surface area contributed by atoms with Crippen LogP contribution in [0.5, 0.6) is 5.75 Å². The second-order valence-electron chi connectivity index (χ2n) is 4.07. The SMILES string of the molecule is COc1c(Cl)c(C)cc(C)c1C(C)CC=O. The lowest BCUT2D eigenvalue weighted by atomic mass is 9.92. The number of carbonyl (C=O) groups excluding carboxylic acids is 1. The molecule has 0 saturated heterocycles. The van der Waals surface area contributed by atoms with Gasteiger partial charge in [-0.1, -0.05) is 24.6 Å². The number of hydrogen-bond acceptors (Lipinski definition) is 2. The summed E-state index contributed by atoms with van der Waals surface area (Å²) in [4.78, 5) is 10.6. The highest BCUT2D eigenvalue weighted by molar-refractivity contribution is 6.33. The van der Waals surface area contributed by atoms with Crippen LogP contribution in [0.4, 0.5) is 0 Å². The molecule has 1 unspecified atom stereocenters. The molecule has 1 rings (SSSR count). The summed E-state index contributed by atoms with van der Waals surface area (Å²) in [6.45, 7) is 5.97. The molecule has 0 aliphatic heterocycles. The summed E-state index contributed by atoms with van der Waals surface area (Å²) in [5, 5.41) is 0.640. The van der Waals surface area contributed by atoms with E-state index in [4.69, 9.17) is 16.3 Å². The number of carbonyl (C=O) groups is 1. The van der Waals surface area contributed by atoms with Gasteiger partial charge in [0.15, 0.2) is 0 Å². The number of rotatable bonds is 4. The van der Waals surface area contributed by atoms with Crippen molar-refractivity contribution in [1.29, 1.82) is 0 Å². The van der Waals surface area contributed by atoms with Gasteiger partial charge in [0.1, 0.15) is 12.0 Å². The Balaban J connectivity index is 3.35. The first kappa shape index (κ1) is 13.0. The number of ether oxygens (including phenoxy) is 1. The van der Waals surface area contributed by atoms with Gasteiger partial charge in [0.25, 0.3) is 0 Å². The summed E-state index contributed by atoms with van der Waals surface area (Å²) < 4.78 is 5.36. The molecule has 0 amide bonds. The molecule has 0 bridgehead atoms. The van der Waals surface area contributed by atoms with E-state index in [1.165, 1.54) is 0 Å². The molecule has 16 heavy (non-hydrogen) atoms. The van der Waals surface area contributed by atoms with E-state index in [2.05, 4.69) is 0 Å². The Morgan fingerprint density at radius 1 is 1.44 bits per heavy atom. The number of aldehydes is 1. The van der Waals surface area contributed by atoms with Crippen molar-refractivity contribution in [1.82, 2.24) is 0 Å². The minimum atomic E-state index is 0.130. The highest BCUT2D eigenvalue weighted by atomic mass is 35.5. The lowest BCUT2D eigenvalue weighted by molar-refractivity contribution is -0.108. The summed E-state index contributed by atoms with van der Waals surface area (Å²) in [6, 6.07) is 2.03. The lowest BCUT2D eigenvalue weighted by Gasteiger charge is -2.19. The van der Waals surface area contributed by atoms with Crippen LogP contribution < -0.4 is 4.74 Å². The van der Waals surface area contributed by atoms with E-state index >= 15 is 0 Å². The molecule has 1 aromatic carbocycles. The van der Waals surface area contributed by atoms with Crippen molar-refractivity contribution in [3.05, 3.63) is 27.8 Å². The number of aryl methyl sites for hydroxylation is 2. The number of halogens is 1. The molecule has 1 atom stereocenters. The van der Waals surface area contributed by atoms with Gasteiger partial charge in [0.05, 0.1) is 12.1 Å². The summed E-state index contributed by atoms with van der Waals surface area (Å²) in [5.74, 6) is 0.832. The first-order chi connectivity index (χ1) is 7.52. The van der Waals surface area contributed by atoms with E-state index in [1.54, 1.807) is 7.11 Å². The molecular formula is C13H17ClO2. The first-order valence-electron chi connectivity index (χ1n) is 5.30. The van der Waals surface area contributed by atoms with Gasteiger partial charge in [0.2, 0.25) is 0 Å². The Morgan fingerprint density at radius 3 is 2.56 bits per heavy atom. The fourth-order valence-corrected chi connectivity index (χ4v) is 2.25. The van der Waals surface area contributed by atoms with Crippen molar-refractivity contribution < 1.29 is 9.53 Å². The molecule has 88 valence electrons. The quantitative estimate of drug-likeness (QED) is 0.751. The molecule has 0 radical (unpaired) electrons. The number of methoxy groups -OCH3 is 1. The van der Waals surface area contributed by atoms with E-state index in [0.29, 0.717) is 17.2 Å². The minimum absolute atomic E-state index is 0.130. The van der Waals surface area contributed by atoms with E-state index in [9.17, 15) is 4.79 Å². The van der Waals surface area contributed by atoms with E-state index in [0.717, 1.165) is 23.0 Å². The Kier molecular flexibility index (Phi) is 4.36. The lowest BCUT2D eigenvalue weighted by Crippen LogP contribution is -2.03. The average molecular weight is 241 g/mol. The van der Waals surface area contributed by atoms with Gasteiger partial charge in [-0.2, -0.15) is 0 Å². The first-order valence-corrected chi connectivity index (χ1v) is 5.67. The molecule has 0 aliphatic rings. The second-order valence-corrected chi connectivity index (χ2v) is 4.45. The van der Waals surface area contributed by atoms with Crippen molar-refractivity contribution in [2.24, 2.45) is 0 Å². The van der Waals surface area contributed by atoms with Gasteiger partial charge in [-0.05, 0) is 30.9 Å². The van der Waals surface area contributed by atoms with Crippen LogP contribution in [0.3, 0.4) is 0 Å². The van der Waals surface area contributed by atoms with Crippen molar-refractivity contribution in [3.8, 4) is 5.75 Å². The molecule has 0 aromatic heterocycles. The van der Waals surface area contributed by atoms with Crippen molar-refractivity contribution in [2.75, 3.05) is 7.11 Å². The predicted octanol–water partition coefficient (Wildman–Crippen LogP) is 3.66. The summed E-state index contributed by atoms with van der Waals surface area (Å²) in [7, 11) is 1.61. The maximum absolute atomic E-state index is 10.6. The Hall–Kier alpha value is -1.02. The smallest absolute Gasteiger partial charge is 0.141 e. The molecular weight excluding hydrogens is 224 g/mol. The van der Waals surface area contributed by atoms with Crippen LogP contribution in [0.2, 0.25) is 5.02 Å². The summed E-state index contributed by atoms with van der Waals surface area (Å²) in [5.41, 5.74) is 3.15. The van der Waals surface area contributed by atoms with Gasteiger partial charge in [0, 0.05) is 12.0 Å². The summed E-state index contributed by atoms with van der Waals surface area (Å²) in [6.07, 6.45) is 1.41. The maximum Gasteiger partial charge on any atom is 0.141 e. The molecule has 0 aliphatic carbocycles. The molecule has 0 spiro atoms. The number of hydrogen-bond donors (Lipinski definition) is 0. The Bertz CT molecular complexity index is 399. The molecule has 2 nitrogen and oxygen atoms in total. The van der Waals surface area contributed by atoms with E-state index in [-0.39, 0.29) is 5.92 Å². The monoisotopic (exact) mass is 240 g/mol. The zero-order valence-corrected chi connectivity index (χ0v) is 10.9. The van der Waals surface area contributed by atoms with Crippen LogP contribution in [-0.2, 0) is 4.79 Å². The molecule has 0 fully saturated rings. The van der Waals surface area contributed by atoms with Crippen molar-refractivity contribution >= 4 is 17.9 Å². The highest BCUT2D eigenvalue weighted by Gasteiger charge is 2.18. The molecule has 0 heterocycles. The Labute approximate surface area is 102 Å². The molecule has 0 N–H and O–H groups in total. The maximum atomic E-state index is 10.6. The molecule has 1 aromatic rings. The van der Waals surface area contributed by atoms with Crippen LogP contribution in [0.15, 0.2) is 6.07 Å². The standard InChI is InChI=1S/C13H17ClO2/c1-8(5-6-15)11-9(2)7-10(3)12(14)13(11)16-4/h6-8H,5H2,1-4H3. The highest BCUT2D eigenvalue weighted by Crippen LogP contribution is 2.39. The van der Waals surface area contributed by atoms with Crippen LogP contribution in [-0.4, -0.2) is 13.4 Å². The Morgan fingerprint density at radius 2 is 2.06 bits per heavy atom. The van der Waals surface area contributed by atoms with E-state index in [1.807, 2.05) is 26.8 Å². The van der Waals surface area contributed by atoms with Crippen LogP contribution >= 0.6 is 11.6 Å². The zero-order chi connectivity index (χ0) is 12.3. The molecule has 3 heteroatoms. The largest absolute Gasteiger partial charge is 0.495 e. The van der Waals surface area contributed by atoms with Crippen LogP contribution in [0, 0.1) is 13.8 Å². The minimum Gasteiger partial charge on any atom is -0.495 e. The number of benzene rings is 1. The average Bonchev–Trinajstić information content (AvgIpc) is 2.23. The van der Waals surface area contributed by atoms with Crippen molar-refractivity contribution in [3.63, 3.8) is 0 Å². The van der Waals surface area contributed by atoms with E-state index < -0.39 is 0 Å². The van der Waals surface area contributed by atoms with Crippen molar-refractivity contribution in [2.45, 2.75) is 33.1 Å². The molecule has 0 saturated carbocycles. The van der Waals surface area contributed by atoms with Gasteiger partial charge in [-0.15, -0.1) is 0 Å². The van der Waals surface area contributed by atoms with Gasteiger partial charge in [-0.25, -0.2) is 0 Å². The summed E-state index contributed by atoms with van der Waals surface area (Å²) >= 11 is 6.20. The predicted molar refractivity (Wildman–Crippen MR) is 66.6 cm³/mol. The van der Waals surface area contributed by atoms with Gasteiger partial charge in [-0.3, -0.25) is 0 Å². The fraction of sp³-hybridized carbons (Fsp3) is 0.462. The fourth-order valence-electron chi connectivity index (χ4n) is 2.02. The third kappa shape index (κ3) is 2.38. The third-order valence-electron chi connectivity index (χ3n) is 2.79. The van der Waals surface area contributed by atoms with Crippen LogP contribution in [0.25, 0.3) is 0 Å². The third-order valence-corrected chi connectivity index (χ3v) is 3.26. The van der Waals surface area contributed by atoms with Crippen LogP contribution in [0.1, 0.15) is 36.0 Å².